The summed E-state index contributed by atoms with van der Waals surface area (Å²) in [6, 6.07) is 8.26. The number of nitrogens with one attached hydrogen (secondary N) is 2. The molecule has 1 fully saturated rings. The molecule has 1 heterocycles. The van der Waals surface area contributed by atoms with Crippen LogP contribution in [0.5, 0.6) is 0 Å². The number of rotatable bonds is 3. The smallest absolute Gasteiger partial charge is 0.319 e. The first-order valence-corrected chi connectivity index (χ1v) is 7.96. The molecule has 126 valence electrons. The number of urea groups is 1. The van der Waals surface area contributed by atoms with Crippen molar-refractivity contribution in [2.45, 2.75) is 39.3 Å². The van der Waals surface area contributed by atoms with Gasteiger partial charge < -0.3 is 21.3 Å². The molecule has 1 aromatic rings. The summed E-state index contributed by atoms with van der Waals surface area (Å²) in [5.41, 5.74) is 6.68. The van der Waals surface area contributed by atoms with E-state index in [0.29, 0.717) is 18.8 Å². The summed E-state index contributed by atoms with van der Waals surface area (Å²) in [4.78, 5) is 26.3. The molecule has 1 aromatic carbocycles. The molecule has 0 bridgehead atoms. The number of nitrogens with two attached hydrogens (primary N) is 1. The first kappa shape index (κ1) is 17.3. The molecule has 2 unspecified atom stereocenters. The quantitative estimate of drug-likeness (QED) is 0.794. The predicted molar refractivity (Wildman–Crippen MR) is 91.0 cm³/mol. The van der Waals surface area contributed by atoms with Crippen molar-refractivity contribution in [2.24, 2.45) is 11.1 Å². The number of piperidine rings is 1. The van der Waals surface area contributed by atoms with Crippen molar-refractivity contribution in [3.63, 3.8) is 0 Å². The summed E-state index contributed by atoms with van der Waals surface area (Å²) in [5, 5.41) is 5.40. The summed E-state index contributed by atoms with van der Waals surface area (Å²) < 4.78 is 0. The maximum atomic E-state index is 12.5. The van der Waals surface area contributed by atoms with Crippen molar-refractivity contribution in [3.05, 3.63) is 30.3 Å². The van der Waals surface area contributed by atoms with Crippen molar-refractivity contribution < 1.29 is 9.59 Å². The van der Waals surface area contributed by atoms with Crippen LogP contribution in [0.1, 0.15) is 27.2 Å². The van der Waals surface area contributed by atoms with E-state index in [1.807, 2.05) is 18.2 Å². The highest BCUT2D eigenvalue weighted by Gasteiger charge is 2.36. The molecule has 1 saturated heterocycles. The van der Waals surface area contributed by atoms with Gasteiger partial charge >= 0.3 is 6.03 Å². The zero-order valence-corrected chi connectivity index (χ0v) is 14.0. The molecule has 6 nitrogen and oxygen atoms in total. The molecule has 0 spiro atoms. The number of amides is 3. The predicted octanol–water partition coefficient (Wildman–Crippen LogP) is 1.78. The minimum atomic E-state index is -0.580. The fourth-order valence-electron chi connectivity index (χ4n) is 2.78. The number of likely N-dealkylation sites (tertiary alicyclic amines) is 1. The molecule has 0 aliphatic carbocycles. The van der Waals surface area contributed by atoms with E-state index < -0.39 is 6.04 Å². The fourth-order valence-corrected chi connectivity index (χ4v) is 2.78. The zero-order chi connectivity index (χ0) is 17.0. The molecule has 3 amide bonds. The van der Waals surface area contributed by atoms with Gasteiger partial charge in [0.2, 0.25) is 5.91 Å². The third kappa shape index (κ3) is 4.45. The second-order valence-corrected chi connectivity index (χ2v) is 6.83. The Labute approximate surface area is 137 Å². The Morgan fingerprint density at radius 3 is 2.57 bits per heavy atom. The molecule has 23 heavy (non-hydrogen) atoms. The van der Waals surface area contributed by atoms with Crippen molar-refractivity contribution >= 4 is 17.6 Å². The molecule has 1 aliphatic rings. The summed E-state index contributed by atoms with van der Waals surface area (Å²) in [5.74, 6) is -0.0758. The zero-order valence-electron chi connectivity index (χ0n) is 14.0. The van der Waals surface area contributed by atoms with E-state index in [4.69, 9.17) is 5.73 Å². The standard InChI is InChI=1S/C17H26N4O2/c1-12(19-16(23)20-13-7-5-4-6-8-13)15(22)21-10-9-14(18)17(2,3)11-21/h4-8,12,14H,9-11,18H2,1-3H3,(H2,19,20,23). The van der Waals surface area contributed by atoms with Gasteiger partial charge in [-0.1, -0.05) is 32.0 Å². The SMILES string of the molecule is CC(NC(=O)Nc1ccccc1)C(=O)N1CCC(N)C(C)(C)C1. The van der Waals surface area contributed by atoms with Gasteiger partial charge in [-0.05, 0) is 30.9 Å². The molecular weight excluding hydrogens is 292 g/mol. The monoisotopic (exact) mass is 318 g/mol. The third-order valence-corrected chi connectivity index (χ3v) is 4.37. The van der Waals surface area contributed by atoms with E-state index in [0.717, 1.165) is 6.42 Å². The van der Waals surface area contributed by atoms with Crippen LogP contribution in [0.3, 0.4) is 0 Å². The van der Waals surface area contributed by atoms with Crippen LogP contribution >= 0.6 is 0 Å². The van der Waals surface area contributed by atoms with Gasteiger partial charge in [-0.2, -0.15) is 0 Å². The Balaban J connectivity index is 1.89. The Hall–Kier alpha value is -2.08. The summed E-state index contributed by atoms with van der Waals surface area (Å²) in [7, 11) is 0. The van der Waals surface area contributed by atoms with Gasteiger partial charge in [-0.15, -0.1) is 0 Å². The molecule has 4 N–H and O–H groups in total. The first-order chi connectivity index (χ1) is 10.8. The van der Waals surface area contributed by atoms with Crippen LogP contribution in [-0.2, 0) is 4.79 Å². The number of carbonyl (C=O) groups excluding carboxylic acids is 2. The third-order valence-electron chi connectivity index (χ3n) is 4.37. The van der Waals surface area contributed by atoms with E-state index in [2.05, 4.69) is 24.5 Å². The highest BCUT2D eigenvalue weighted by Crippen LogP contribution is 2.27. The minimum Gasteiger partial charge on any atom is -0.340 e. The van der Waals surface area contributed by atoms with Crippen molar-refractivity contribution in [2.75, 3.05) is 18.4 Å². The van der Waals surface area contributed by atoms with E-state index in [1.54, 1.807) is 24.0 Å². The second-order valence-electron chi connectivity index (χ2n) is 6.83. The van der Waals surface area contributed by atoms with Crippen LogP contribution in [0, 0.1) is 5.41 Å². The van der Waals surface area contributed by atoms with Gasteiger partial charge in [-0.25, -0.2) is 4.79 Å². The lowest BCUT2D eigenvalue weighted by atomic mass is 9.79. The Morgan fingerprint density at radius 1 is 1.30 bits per heavy atom. The van der Waals surface area contributed by atoms with E-state index in [9.17, 15) is 9.59 Å². The number of para-hydroxylation sites is 1. The normalized spacial score (nSPS) is 21.4. The van der Waals surface area contributed by atoms with Crippen molar-refractivity contribution in [1.82, 2.24) is 10.2 Å². The molecule has 6 heteroatoms. The van der Waals surface area contributed by atoms with Crippen LogP contribution in [-0.4, -0.2) is 42.0 Å². The Bertz CT molecular complexity index is 559. The average molecular weight is 318 g/mol. The molecule has 0 radical (unpaired) electrons. The highest BCUT2D eigenvalue weighted by atomic mass is 16.2. The number of nitrogens with zero attached hydrogens (tertiary/aromatic N) is 1. The summed E-state index contributed by atoms with van der Waals surface area (Å²) in [6.45, 7) is 7.08. The van der Waals surface area contributed by atoms with E-state index in [1.165, 1.54) is 0 Å². The topological polar surface area (TPSA) is 87.5 Å². The summed E-state index contributed by atoms with van der Waals surface area (Å²) in [6.07, 6.45) is 0.779. The number of benzene rings is 1. The average Bonchev–Trinajstić information content (AvgIpc) is 2.50. The van der Waals surface area contributed by atoms with Gasteiger partial charge in [0.25, 0.3) is 0 Å². The first-order valence-electron chi connectivity index (χ1n) is 7.96. The number of hydrogen-bond acceptors (Lipinski definition) is 3. The molecular formula is C17H26N4O2. The van der Waals surface area contributed by atoms with Crippen LogP contribution < -0.4 is 16.4 Å². The number of hydrogen-bond donors (Lipinski definition) is 3. The van der Waals surface area contributed by atoms with Gasteiger partial charge in [0.1, 0.15) is 6.04 Å². The Morgan fingerprint density at radius 2 is 1.96 bits per heavy atom. The Kier molecular flexibility index (Phi) is 5.26. The fraction of sp³-hybridized carbons (Fsp3) is 0.529. The molecule has 2 rings (SSSR count). The van der Waals surface area contributed by atoms with Crippen LogP contribution in [0.4, 0.5) is 10.5 Å². The lowest BCUT2D eigenvalue weighted by Gasteiger charge is -2.43. The van der Waals surface area contributed by atoms with Crippen LogP contribution in [0.25, 0.3) is 0 Å². The summed E-state index contributed by atoms with van der Waals surface area (Å²) >= 11 is 0. The van der Waals surface area contributed by atoms with E-state index in [-0.39, 0.29) is 23.4 Å². The van der Waals surface area contributed by atoms with Crippen molar-refractivity contribution in [1.29, 1.82) is 0 Å². The maximum Gasteiger partial charge on any atom is 0.319 e. The molecule has 0 aromatic heterocycles. The van der Waals surface area contributed by atoms with Gasteiger partial charge in [-0.3, -0.25) is 4.79 Å². The van der Waals surface area contributed by atoms with Gasteiger partial charge in [0.15, 0.2) is 0 Å². The maximum absolute atomic E-state index is 12.5. The van der Waals surface area contributed by atoms with Crippen LogP contribution in [0.2, 0.25) is 0 Å². The second kappa shape index (κ2) is 7.00. The van der Waals surface area contributed by atoms with E-state index >= 15 is 0 Å². The van der Waals surface area contributed by atoms with Gasteiger partial charge in [0, 0.05) is 24.8 Å². The molecule has 1 aliphatic heterocycles. The number of carbonyl (C=O) groups is 2. The highest BCUT2D eigenvalue weighted by molar-refractivity contribution is 5.93. The van der Waals surface area contributed by atoms with Crippen LogP contribution in [0.15, 0.2) is 30.3 Å². The van der Waals surface area contributed by atoms with Gasteiger partial charge in [0.05, 0.1) is 0 Å². The lowest BCUT2D eigenvalue weighted by molar-refractivity contribution is -0.136. The number of anilines is 1. The lowest BCUT2D eigenvalue weighted by Crippen LogP contribution is -2.57. The minimum absolute atomic E-state index is 0.0758. The molecule has 2 atom stereocenters. The largest absolute Gasteiger partial charge is 0.340 e. The molecule has 0 saturated carbocycles. The van der Waals surface area contributed by atoms with Crippen molar-refractivity contribution in [3.8, 4) is 0 Å².